The van der Waals surface area contributed by atoms with Crippen molar-refractivity contribution in [2.45, 2.75) is 31.7 Å². The van der Waals surface area contributed by atoms with Gasteiger partial charge in [0, 0.05) is 18.7 Å². The molecule has 0 unspecified atom stereocenters. The van der Waals surface area contributed by atoms with Gasteiger partial charge in [0.05, 0.1) is 11.4 Å². The van der Waals surface area contributed by atoms with E-state index in [1.807, 2.05) is 0 Å². The number of para-hydroxylation sites is 1. The van der Waals surface area contributed by atoms with Gasteiger partial charge in [-0.2, -0.15) is 10.4 Å². The molecule has 40 heavy (non-hydrogen) atoms. The third kappa shape index (κ3) is 4.84. The predicted molar refractivity (Wildman–Crippen MR) is 143 cm³/mol. The number of piperidine rings is 1. The Bertz CT molecular complexity index is 1650. The van der Waals surface area contributed by atoms with Crippen LogP contribution in [0.25, 0.3) is 22.3 Å². The van der Waals surface area contributed by atoms with Crippen LogP contribution in [0.15, 0.2) is 60.4 Å². The van der Waals surface area contributed by atoms with Crippen molar-refractivity contribution < 1.29 is 18.3 Å². The highest BCUT2D eigenvalue weighted by molar-refractivity contribution is 5.99. The van der Waals surface area contributed by atoms with Crippen molar-refractivity contribution in [2.24, 2.45) is 5.92 Å². The molecule has 0 bridgehead atoms. The number of nitrogen functional groups attached to an aromatic ring is 1. The van der Waals surface area contributed by atoms with E-state index < -0.39 is 17.4 Å². The number of carbonyl (C=O) groups excluding carboxylic acids is 1. The van der Waals surface area contributed by atoms with Crippen molar-refractivity contribution in [3.63, 3.8) is 0 Å². The van der Waals surface area contributed by atoms with Gasteiger partial charge in [-0.05, 0) is 68.0 Å². The normalized spacial score (nSPS) is 17.6. The molecular weight excluding hydrogens is 516 g/mol. The van der Waals surface area contributed by atoms with Gasteiger partial charge in [-0.15, -0.1) is 0 Å². The number of aromatic nitrogens is 4. The summed E-state index contributed by atoms with van der Waals surface area (Å²) < 4.78 is 35.3. The number of carbonyl (C=O) groups is 1. The van der Waals surface area contributed by atoms with Gasteiger partial charge < -0.3 is 15.4 Å². The average molecular weight is 542 g/mol. The van der Waals surface area contributed by atoms with E-state index in [-0.39, 0.29) is 29.1 Å². The molecule has 1 aliphatic heterocycles. The summed E-state index contributed by atoms with van der Waals surface area (Å²) in [7, 11) is 0. The van der Waals surface area contributed by atoms with E-state index >= 15 is 0 Å². The number of nitrogens with zero attached hydrogens (tertiary/aromatic N) is 6. The molecule has 2 fully saturated rings. The Morgan fingerprint density at radius 3 is 2.55 bits per heavy atom. The Morgan fingerprint density at radius 1 is 1.10 bits per heavy atom. The van der Waals surface area contributed by atoms with Crippen LogP contribution in [0, 0.1) is 28.9 Å². The van der Waals surface area contributed by atoms with E-state index in [1.54, 1.807) is 39.9 Å². The largest absolute Gasteiger partial charge is 0.451 e. The van der Waals surface area contributed by atoms with Gasteiger partial charge in [-0.25, -0.2) is 23.4 Å². The minimum Gasteiger partial charge on any atom is -0.451 e. The molecule has 1 saturated heterocycles. The summed E-state index contributed by atoms with van der Waals surface area (Å²) in [6.45, 7) is 0.940. The number of likely N-dealkylation sites (tertiary alicyclic amines) is 1. The number of allylic oxidation sites excluding steroid dienone is 1. The van der Waals surface area contributed by atoms with Gasteiger partial charge in [-0.3, -0.25) is 4.79 Å². The lowest BCUT2D eigenvalue weighted by molar-refractivity contribution is -0.128. The lowest BCUT2D eigenvalue weighted by atomic mass is 10.0. The van der Waals surface area contributed by atoms with Crippen molar-refractivity contribution in [3.8, 4) is 28.8 Å². The fraction of sp³-hybridized carbons (Fsp3) is 0.276. The number of benzene rings is 2. The van der Waals surface area contributed by atoms with Crippen molar-refractivity contribution >= 4 is 22.8 Å². The first kappa shape index (κ1) is 25.4. The fourth-order valence-corrected chi connectivity index (χ4v) is 4.99. The number of hydrogen-bond donors (Lipinski definition) is 1. The van der Waals surface area contributed by atoms with Crippen molar-refractivity contribution in [3.05, 3.63) is 72.1 Å². The summed E-state index contributed by atoms with van der Waals surface area (Å²) in [6.07, 6.45) is 6.69. The molecule has 2 N–H and O–H groups in total. The molecule has 0 spiro atoms. The van der Waals surface area contributed by atoms with Crippen LogP contribution in [0.2, 0.25) is 0 Å². The molecule has 11 heteroatoms. The Hall–Kier alpha value is -4.85. The molecule has 1 atom stereocenters. The summed E-state index contributed by atoms with van der Waals surface area (Å²) in [4.78, 5) is 23.4. The lowest BCUT2D eigenvalue weighted by Crippen LogP contribution is -2.41. The van der Waals surface area contributed by atoms with Crippen LogP contribution in [0.1, 0.15) is 31.7 Å². The summed E-state index contributed by atoms with van der Waals surface area (Å²) in [5.74, 6) is -1.53. The topological polar surface area (TPSA) is 123 Å². The van der Waals surface area contributed by atoms with Crippen LogP contribution >= 0.6 is 0 Å². The number of hydrogen-bond acceptors (Lipinski definition) is 7. The molecule has 9 nitrogen and oxygen atoms in total. The molecule has 2 aromatic carbocycles. The monoisotopic (exact) mass is 541 g/mol. The van der Waals surface area contributed by atoms with Crippen molar-refractivity contribution in [1.82, 2.24) is 24.6 Å². The Morgan fingerprint density at radius 2 is 1.85 bits per heavy atom. The molecule has 4 aromatic rings. The first-order valence-corrected chi connectivity index (χ1v) is 13.0. The maximum Gasteiger partial charge on any atom is 0.264 e. The SMILES string of the molecule is N#CC(=CC1CC1)C(=O)N1CCC[C@H](n2nc(-c3ccc(Oc4c(F)cccc4F)cc3)c3c(N)ncnc32)C1. The van der Waals surface area contributed by atoms with Crippen LogP contribution in [0.5, 0.6) is 11.5 Å². The second-order valence-corrected chi connectivity index (χ2v) is 10.0. The molecule has 1 saturated carbocycles. The van der Waals surface area contributed by atoms with Crippen molar-refractivity contribution in [1.29, 1.82) is 5.26 Å². The second-order valence-electron chi connectivity index (χ2n) is 10.0. The smallest absolute Gasteiger partial charge is 0.264 e. The van der Waals surface area contributed by atoms with Gasteiger partial charge in [0.25, 0.3) is 5.91 Å². The molecule has 2 aliphatic rings. The number of amides is 1. The first-order chi connectivity index (χ1) is 19.4. The highest BCUT2D eigenvalue weighted by atomic mass is 19.1. The van der Waals surface area contributed by atoms with Crippen LogP contribution < -0.4 is 10.5 Å². The van der Waals surface area contributed by atoms with E-state index in [0.29, 0.717) is 41.3 Å². The minimum absolute atomic E-state index is 0.184. The molecule has 1 amide bonds. The summed E-state index contributed by atoms with van der Waals surface area (Å²) >= 11 is 0. The first-order valence-electron chi connectivity index (χ1n) is 13.0. The van der Waals surface area contributed by atoms with E-state index in [0.717, 1.165) is 37.8 Å². The average Bonchev–Trinajstić information content (AvgIpc) is 3.71. The van der Waals surface area contributed by atoms with Crippen molar-refractivity contribution in [2.75, 3.05) is 18.8 Å². The Labute approximate surface area is 228 Å². The summed E-state index contributed by atoms with van der Waals surface area (Å²) in [6, 6.07) is 12.0. The highest BCUT2D eigenvalue weighted by Gasteiger charge is 2.31. The zero-order valence-corrected chi connectivity index (χ0v) is 21.4. The zero-order valence-electron chi connectivity index (χ0n) is 21.4. The second kappa shape index (κ2) is 10.4. The number of fused-ring (bicyclic) bond motifs is 1. The molecule has 3 heterocycles. The van der Waals surface area contributed by atoms with E-state index in [4.69, 9.17) is 15.6 Å². The Balaban J connectivity index is 1.30. The molecule has 202 valence electrons. The quantitative estimate of drug-likeness (QED) is 0.264. The standard InChI is InChI=1S/C29H25F2N7O2/c30-22-4-1-5-23(31)26(22)40-21-10-8-18(9-11-21)25-24-27(33)34-16-35-28(24)38(36-25)20-3-2-12-37(15-20)29(39)19(14-32)13-17-6-7-17/h1,4-5,8-11,13,16-17,20H,2-3,6-7,12,15H2,(H2,33,34,35)/t20-/m0/s1. The molecule has 6 rings (SSSR count). The molecule has 1 aliphatic carbocycles. The summed E-state index contributed by atoms with van der Waals surface area (Å²) in [5.41, 5.74) is 8.20. The van der Waals surface area contributed by atoms with Gasteiger partial charge in [-0.1, -0.05) is 12.1 Å². The number of rotatable bonds is 6. The van der Waals surface area contributed by atoms with Crippen LogP contribution in [-0.4, -0.2) is 43.6 Å². The third-order valence-corrected chi connectivity index (χ3v) is 7.19. The van der Waals surface area contributed by atoms with E-state index in [2.05, 4.69) is 16.0 Å². The van der Waals surface area contributed by atoms with E-state index in [9.17, 15) is 18.8 Å². The van der Waals surface area contributed by atoms with E-state index in [1.165, 1.54) is 12.4 Å². The maximum absolute atomic E-state index is 14.0. The zero-order chi connectivity index (χ0) is 27.8. The number of ether oxygens (including phenoxy) is 1. The third-order valence-electron chi connectivity index (χ3n) is 7.19. The number of anilines is 1. The predicted octanol–water partition coefficient (Wildman–Crippen LogP) is 5.17. The van der Waals surface area contributed by atoms with Crippen LogP contribution in [0.3, 0.4) is 0 Å². The van der Waals surface area contributed by atoms with Gasteiger partial charge >= 0.3 is 0 Å². The van der Waals surface area contributed by atoms with Gasteiger partial charge in [0.2, 0.25) is 0 Å². The number of halogens is 2. The number of nitrogens with two attached hydrogens (primary N) is 1. The molecule has 0 radical (unpaired) electrons. The highest BCUT2D eigenvalue weighted by Crippen LogP contribution is 2.36. The van der Waals surface area contributed by atoms with Crippen LogP contribution in [0.4, 0.5) is 14.6 Å². The number of nitriles is 1. The summed E-state index contributed by atoms with van der Waals surface area (Å²) in [5, 5.41) is 15.0. The molecular formula is C29H25F2N7O2. The van der Waals surface area contributed by atoms with Gasteiger partial charge in [0.15, 0.2) is 23.0 Å². The van der Waals surface area contributed by atoms with Crippen LogP contribution in [-0.2, 0) is 4.79 Å². The Kier molecular flexibility index (Phi) is 6.59. The minimum atomic E-state index is -0.802. The lowest BCUT2D eigenvalue weighted by Gasteiger charge is -2.32. The fourth-order valence-electron chi connectivity index (χ4n) is 4.99. The van der Waals surface area contributed by atoms with Gasteiger partial charge in [0.1, 0.15) is 35.2 Å². The maximum atomic E-state index is 14.0. The molecule has 2 aromatic heterocycles.